The van der Waals surface area contributed by atoms with Crippen molar-refractivity contribution in [2.45, 2.75) is 50.2 Å². The number of nitrogens with one attached hydrogen (secondary N) is 3. The Hall–Kier alpha value is -2.95. The van der Waals surface area contributed by atoms with Crippen molar-refractivity contribution < 1.29 is 27.5 Å². The van der Waals surface area contributed by atoms with E-state index in [9.17, 15) is 18.0 Å². The molecular formula is C24H31N3O6S. The molecule has 1 atom stereocenters. The molecule has 3 N–H and O–H groups in total. The first kappa shape index (κ1) is 25.7. The van der Waals surface area contributed by atoms with Gasteiger partial charge in [0.15, 0.2) is 0 Å². The van der Waals surface area contributed by atoms with Crippen molar-refractivity contribution in [1.82, 2.24) is 10.0 Å². The van der Waals surface area contributed by atoms with E-state index in [1.807, 2.05) is 0 Å². The monoisotopic (exact) mass is 489 g/mol. The van der Waals surface area contributed by atoms with Crippen molar-refractivity contribution in [1.29, 1.82) is 0 Å². The first-order valence-electron chi connectivity index (χ1n) is 11.0. The molecule has 34 heavy (non-hydrogen) atoms. The molecule has 10 heteroatoms. The maximum atomic E-state index is 13.0. The third kappa shape index (κ3) is 6.55. The van der Waals surface area contributed by atoms with Crippen molar-refractivity contribution in [3.63, 3.8) is 0 Å². The topological polar surface area (TPSA) is 123 Å². The van der Waals surface area contributed by atoms with Crippen molar-refractivity contribution in [2.24, 2.45) is 0 Å². The zero-order chi connectivity index (χ0) is 24.9. The first-order valence-corrected chi connectivity index (χ1v) is 12.5. The molecule has 1 heterocycles. The highest BCUT2D eigenvalue weighted by Crippen LogP contribution is 2.27. The van der Waals surface area contributed by atoms with E-state index < -0.39 is 21.5 Å². The lowest BCUT2D eigenvalue weighted by molar-refractivity contribution is 0.0858. The number of benzene rings is 2. The molecule has 0 bridgehead atoms. The van der Waals surface area contributed by atoms with Gasteiger partial charge in [-0.15, -0.1) is 0 Å². The summed E-state index contributed by atoms with van der Waals surface area (Å²) >= 11 is 0. The fraction of sp³-hybridized carbons (Fsp3) is 0.417. The molecule has 0 radical (unpaired) electrons. The van der Waals surface area contributed by atoms with E-state index in [1.54, 1.807) is 45.0 Å². The molecule has 2 amide bonds. The molecule has 2 aromatic carbocycles. The van der Waals surface area contributed by atoms with Crippen molar-refractivity contribution >= 4 is 27.5 Å². The molecule has 1 aliphatic rings. The van der Waals surface area contributed by atoms with Crippen LogP contribution in [-0.2, 0) is 14.8 Å². The third-order valence-corrected chi connectivity index (χ3v) is 6.87. The summed E-state index contributed by atoms with van der Waals surface area (Å²) < 4.78 is 39.1. The van der Waals surface area contributed by atoms with Crippen LogP contribution in [0.2, 0.25) is 0 Å². The Morgan fingerprint density at radius 1 is 1.12 bits per heavy atom. The van der Waals surface area contributed by atoms with Crippen LogP contribution < -0.4 is 20.1 Å². The Bertz CT molecular complexity index is 1150. The number of hydrogen-bond acceptors (Lipinski definition) is 6. The van der Waals surface area contributed by atoms with Crippen LogP contribution in [0.5, 0.6) is 5.75 Å². The zero-order valence-corrected chi connectivity index (χ0v) is 20.6. The van der Waals surface area contributed by atoms with Gasteiger partial charge in [0.05, 0.1) is 24.5 Å². The second-order valence-corrected chi connectivity index (χ2v) is 10.7. The average Bonchev–Trinajstić information content (AvgIpc) is 3.29. The van der Waals surface area contributed by atoms with E-state index in [4.69, 9.17) is 9.47 Å². The van der Waals surface area contributed by atoms with Crippen molar-refractivity contribution in [3.8, 4) is 5.75 Å². The number of methoxy groups -OCH3 is 1. The van der Waals surface area contributed by atoms with Crippen LogP contribution in [0.4, 0.5) is 5.69 Å². The molecule has 9 nitrogen and oxygen atoms in total. The molecule has 0 saturated carbocycles. The van der Waals surface area contributed by atoms with Gasteiger partial charge in [0.2, 0.25) is 10.0 Å². The number of anilines is 1. The van der Waals surface area contributed by atoms with E-state index in [-0.39, 0.29) is 28.2 Å². The van der Waals surface area contributed by atoms with Crippen LogP contribution in [0.3, 0.4) is 0 Å². The molecule has 1 saturated heterocycles. The number of sulfonamides is 1. The largest absolute Gasteiger partial charge is 0.495 e. The quantitative estimate of drug-likeness (QED) is 0.524. The number of amides is 2. The summed E-state index contributed by atoms with van der Waals surface area (Å²) in [5, 5.41) is 5.55. The van der Waals surface area contributed by atoms with E-state index >= 15 is 0 Å². The van der Waals surface area contributed by atoms with E-state index in [0.29, 0.717) is 24.4 Å². The Morgan fingerprint density at radius 3 is 2.50 bits per heavy atom. The number of hydrogen-bond donors (Lipinski definition) is 3. The lowest BCUT2D eigenvalue weighted by Gasteiger charge is -2.21. The van der Waals surface area contributed by atoms with Crippen molar-refractivity contribution in [2.75, 3.05) is 25.6 Å². The minimum absolute atomic E-state index is 0.00733. The number of carbonyl (C=O) groups is 2. The summed E-state index contributed by atoms with van der Waals surface area (Å²) in [4.78, 5) is 25.6. The maximum Gasteiger partial charge on any atom is 0.255 e. The number of ether oxygens (including phenoxy) is 2. The number of para-hydroxylation sites is 1. The molecular weight excluding hydrogens is 458 g/mol. The average molecular weight is 490 g/mol. The second kappa shape index (κ2) is 10.5. The van der Waals surface area contributed by atoms with Crippen LogP contribution >= 0.6 is 0 Å². The molecule has 3 rings (SSSR count). The van der Waals surface area contributed by atoms with Crippen LogP contribution in [0, 0.1) is 0 Å². The van der Waals surface area contributed by atoms with Gasteiger partial charge in [0, 0.05) is 24.3 Å². The van der Waals surface area contributed by atoms with E-state index in [1.165, 1.54) is 25.3 Å². The fourth-order valence-electron chi connectivity index (χ4n) is 3.58. The summed E-state index contributed by atoms with van der Waals surface area (Å²) in [5.41, 5.74) is -0.0163. The Balaban J connectivity index is 1.81. The fourth-order valence-corrected chi connectivity index (χ4v) is 5.19. The predicted octanol–water partition coefficient (Wildman–Crippen LogP) is 2.93. The molecule has 0 spiro atoms. The van der Waals surface area contributed by atoms with Gasteiger partial charge < -0.3 is 20.1 Å². The minimum atomic E-state index is -3.96. The maximum absolute atomic E-state index is 13.0. The normalized spacial score (nSPS) is 16.2. The van der Waals surface area contributed by atoms with Gasteiger partial charge in [0.1, 0.15) is 10.6 Å². The molecule has 1 fully saturated rings. The Kier molecular flexibility index (Phi) is 7.96. The zero-order valence-electron chi connectivity index (χ0n) is 19.8. The highest BCUT2D eigenvalue weighted by atomic mass is 32.2. The summed E-state index contributed by atoms with van der Waals surface area (Å²) in [7, 11) is -2.60. The van der Waals surface area contributed by atoms with Gasteiger partial charge in [-0.1, -0.05) is 12.1 Å². The molecule has 1 aliphatic heterocycles. The highest BCUT2D eigenvalue weighted by molar-refractivity contribution is 7.89. The predicted molar refractivity (Wildman–Crippen MR) is 129 cm³/mol. The van der Waals surface area contributed by atoms with Crippen LogP contribution in [0.1, 0.15) is 54.3 Å². The summed E-state index contributed by atoms with van der Waals surface area (Å²) in [5.74, 6) is -0.782. The van der Waals surface area contributed by atoms with E-state index in [2.05, 4.69) is 15.4 Å². The third-order valence-electron chi connectivity index (χ3n) is 5.09. The van der Waals surface area contributed by atoms with Gasteiger partial charge in [-0.25, -0.2) is 13.1 Å². The Labute approximate surface area is 200 Å². The van der Waals surface area contributed by atoms with Gasteiger partial charge >= 0.3 is 0 Å². The molecule has 2 aromatic rings. The van der Waals surface area contributed by atoms with Gasteiger partial charge in [-0.3, -0.25) is 9.59 Å². The molecule has 1 unspecified atom stereocenters. The number of rotatable bonds is 8. The molecule has 0 aromatic heterocycles. The first-order chi connectivity index (χ1) is 16.0. The van der Waals surface area contributed by atoms with Crippen LogP contribution in [0.25, 0.3) is 0 Å². The SMILES string of the molecule is COc1ccc(C(=O)Nc2ccccc2C(=O)NCC2CCCO2)cc1S(=O)(=O)NC(C)(C)C. The highest BCUT2D eigenvalue weighted by Gasteiger charge is 2.27. The minimum Gasteiger partial charge on any atom is -0.495 e. The van der Waals surface area contributed by atoms with Crippen molar-refractivity contribution in [3.05, 3.63) is 53.6 Å². The van der Waals surface area contributed by atoms with Gasteiger partial charge in [-0.2, -0.15) is 0 Å². The summed E-state index contributed by atoms with van der Waals surface area (Å²) in [6.07, 6.45) is 1.86. The van der Waals surface area contributed by atoms with E-state index in [0.717, 1.165) is 12.8 Å². The van der Waals surface area contributed by atoms with Crippen LogP contribution in [-0.4, -0.2) is 52.1 Å². The van der Waals surface area contributed by atoms with Gasteiger partial charge in [-0.05, 0) is 63.9 Å². The summed E-state index contributed by atoms with van der Waals surface area (Å²) in [6.45, 7) is 6.23. The molecule has 0 aliphatic carbocycles. The number of carbonyl (C=O) groups excluding carboxylic acids is 2. The Morgan fingerprint density at radius 2 is 1.85 bits per heavy atom. The lowest BCUT2D eigenvalue weighted by atomic mass is 10.1. The van der Waals surface area contributed by atoms with Gasteiger partial charge in [0.25, 0.3) is 11.8 Å². The second-order valence-electron chi connectivity index (χ2n) is 9.07. The molecule has 184 valence electrons. The van der Waals surface area contributed by atoms with Crippen LogP contribution in [0.15, 0.2) is 47.4 Å². The summed E-state index contributed by atoms with van der Waals surface area (Å²) in [6, 6.07) is 10.8. The lowest BCUT2D eigenvalue weighted by Crippen LogP contribution is -2.40. The smallest absolute Gasteiger partial charge is 0.255 e. The standard InChI is InChI=1S/C24H31N3O6S/c1-24(2,3)27-34(30,31)21-14-16(11-12-20(21)32-4)22(28)26-19-10-6-5-9-18(19)23(29)25-15-17-8-7-13-33-17/h5-6,9-12,14,17,27H,7-8,13,15H2,1-4H3,(H,25,29)(H,26,28).